The van der Waals surface area contributed by atoms with E-state index < -0.39 is 24.3 Å². The van der Waals surface area contributed by atoms with Gasteiger partial charge in [-0.2, -0.15) is 37.7 Å². The largest absolute Gasteiger partial charge is 0.490 e. The third kappa shape index (κ3) is 10.1. The predicted octanol–water partition coefficient (Wildman–Crippen LogP) is 4.54. The summed E-state index contributed by atoms with van der Waals surface area (Å²) in [4.78, 5) is 24.3. The fourth-order valence-corrected chi connectivity index (χ4v) is 3.45. The number of aliphatic carboxylic acids is 2. The normalized spacial score (nSPS) is 13.4. The van der Waals surface area contributed by atoms with E-state index in [4.69, 9.17) is 29.1 Å². The molecule has 1 aliphatic heterocycles. The highest BCUT2D eigenvalue weighted by atomic mass is 32.1. The molecule has 3 aromatic rings. The van der Waals surface area contributed by atoms with E-state index in [2.05, 4.69) is 31.9 Å². The minimum Gasteiger partial charge on any atom is -0.486 e. The fraction of sp³-hybridized carbons (Fsp3) is 0.333. The van der Waals surface area contributed by atoms with Gasteiger partial charge in [-0.3, -0.25) is 9.88 Å². The summed E-state index contributed by atoms with van der Waals surface area (Å²) in [6, 6.07) is 5.93. The summed E-state index contributed by atoms with van der Waals surface area (Å²) >= 11 is 1.74. The molecule has 0 atom stereocenters. The molecule has 4 rings (SSSR count). The number of carboxylic acid groups (broad SMARTS) is 2. The van der Waals surface area contributed by atoms with Crippen molar-refractivity contribution in [1.82, 2.24) is 15.0 Å². The van der Waals surface area contributed by atoms with E-state index in [0.29, 0.717) is 6.61 Å². The molecule has 0 fully saturated rings. The number of nitrogens with zero attached hydrogens (tertiary/aromatic N) is 3. The van der Waals surface area contributed by atoms with E-state index in [0.717, 1.165) is 43.3 Å². The Morgan fingerprint density at radius 1 is 1.11 bits per heavy atom. The van der Waals surface area contributed by atoms with Crippen LogP contribution in [-0.4, -0.2) is 56.1 Å². The quantitative estimate of drug-likeness (QED) is 0.437. The maximum Gasteiger partial charge on any atom is 0.490 e. The Kier molecular flexibility index (Phi) is 10.4. The van der Waals surface area contributed by atoms with E-state index in [-0.39, 0.29) is 0 Å². The third-order valence-electron chi connectivity index (χ3n) is 4.47. The number of hydrogen-bond acceptors (Lipinski definition) is 8. The highest BCUT2D eigenvalue weighted by Gasteiger charge is 2.38. The van der Waals surface area contributed by atoms with Crippen LogP contribution in [-0.2, 0) is 35.7 Å². The van der Waals surface area contributed by atoms with E-state index in [1.165, 1.54) is 11.1 Å². The first-order chi connectivity index (χ1) is 17.3. The Hall–Kier alpha value is -3.66. The lowest BCUT2D eigenvalue weighted by Gasteiger charge is -2.25. The van der Waals surface area contributed by atoms with Crippen molar-refractivity contribution < 1.29 is 55.4 Å². The highest BCUT2D eigenvalue weighted by molar-refractivity contribution is 7.07. The molecule has 2 N–H and O–H groups in total. The Morgan fingerprint density at radius 3 is 2.27 bits per heavy atom. The molecule has 37 heavy (non-hydrogen) atoms. The smallest absolute Gasteiger partial charge is 0.486 e. The van der Waals surface area contributed by atoms with Crippen LogP contribution in [0.4, 0.5) is 26.3 Å². The molecule has 0 aliphatic carbocycles. The van der Waals surface area contributed by atoms with Gasteiger partial charge in [0.1, 0.15) is 23.8 Å². The number of rotatable bonds is 5. The van der Waals surface area contributed by atoms with Crippen molar-refractivity contribution in [2.24, 2.45) is 0 Å². The average Bonchev–Trinajstić information content (AvgIpc) is 3.48. The summed E-state index contributed by atoms with van der Waals surface area (Å²) in [7, 11) is 0. The van der Waals surface area contributed by atoms with Crippen molar-refractivity contribution in [2.45, 2.75) is 38.5 Å². The topological polar surface area (TPSA) is 126 Å². The number of carboxylic acids is 2. The highest BCUT2D eigenvalue weighted by Crippen LogP contribution is 2.25. The number of aromatic nitrogens is 2. The lowest BCUT2D eigenvalue weighted by molar-refractivity contribution is -0.193. The Morgan fingerprint density at radius 2 is 1.76 bits per heavy atom. The van der Waals surface area contributed by atoms with Crippen molar-refractivity contribution in [3.05, 3.63) is 63.9 Å². The molecule has 0 unspecified atom stereocenters. The summed E-state index contributed by atoms with van der Waals surface area (Å²) in [6.45, 7) is 3.25. The van der Waals surface area contributed by atoms with Crippen LogP contribution in [0.15, 0.2) is 45.9 Å². The standard InChI is InChI=1S/C17H17N3O2S.2C2HF3O2/c1-2-14(8-18-5-1)21-11-16-15-10-20(6-3-17(15)22-19-16)9-13-4-7-23-12-13;2*3-2(4,5)1(6)7/h1-2,4-5,7-8,12H,3,6,9-11H2;2*(H,6,7). The average molecular weight is 555 g/mol. The van der Waals surface area contributed by atoms with Gasteiger partial charge in [-0.15, -0.1) is 0 Å². The Balaban J connectivity index is 0.000000286. The van der Waals surface area contributed by atoms with Crippen LogP contribution in [0.25, 0.3) is 0 Å². The van der Waals surface area contributed by atoms with Crippen molar-refractivity contribution >= 4 is 23.3 Å². The van der Waals surface area contributed by atoms with Crippen LogP contribution >= 0.6 is 11.3 Å². The van der Waals surface area contributed by atoms with Crippen LogP contribution in [0.1, 0.15) is 22.6 Å². The lowest BCUT2D eigenvalue weighted by Crippen LogP contribution is -2.29. The molecule has 0 radical (unpaired) electrons. The zero-order valence-corrected chi connectivity index (χ0v) is 19.4. The SMILES string of the molecule is O=C(O)C(F)(F)F.O=C(O)C(F)(F)F.c1cncc(OCc2noc3c2CN(Cc2ccsc2)CC3)c1. The van der Waals surface area contributed by atoms with Gasteiger partial charge in [-0.1, -0.05) is 5.16 Å². The van der Waals surface area contributed by atoms with E-state index in [9.17, 15) is 26.3 Å². The zero-order chi connectivity index (χ0) is 27.6. The molecular formula is C21H19F6N3O6S. The molecule has 0 aromatic carbocycles. The maximum absolute atomic E-state index is 10.6. The first-order valence-corrected chi connectivity index (χ1v) is 11.0. The zero-order valence-electron chi connectivity index (χ0n) is 18.6. The van der Waals surface area contributed by atoms with Crippen LogP contribution in [0.2, 0.25) is 0 Å². The van der Waals surface area contributed by atoms with Crippen molar-refractivity contribution in [1.29, 1.82) is 0 Å². The molecule has 9 nitrogen and oxygen atoms in total. The molecule has 0 saturated carbocycles. The van der Waals surface area contributed by atoms with Crippen molar-refractivity contribution in [2.75, 3.05) is 6.54 Å². The second-order valence-electron chi connectivity index (χ2n) is 7.21. The predicted molar refractivity (Wildman–Crippen MR) is 115 cm³/mol. The number of alkyl halides is 6. The molecule has 0 bridgehead atoms. The number of fused-ring (bicyclic) bond motifs is 1. The van der Waals surface area contributed by atoms with Gasteiger partial charge in [-0.25, -0.2) is 9.59 Å². The minimum absolute atomic E-state index is 0.414. The number of pyridine rings is 1. The van der Waals surface area contributed by atoms with Gasteiger partial charge in [0.15, 0.2) is 0 Å². The van der Waals surface area contributed by atoms with Gasteiger partial charge < -0.3 is 19.5 Å². The summed E-state index contributed by atoms with van der Waals surface area (Å²) in [5, 5.41) is 22.8. The minimum atomic E-state index is -5.08. The van der Waals surface area contributed by atoms with Crippen LogP contribution in [0.3, 0.4) is 0 Å². The summed E-state index contributed by atoms with van der Waals surface area (Å²) in [6.07, 6.45) is -5.83. The van der Waals surface area contributed by atoms with E-state index in [1.54, 1.807) is 23.7 Å². The van der Waals surface area contributed by atoms with Crippen molar-refractivity contribution in [3.8, 4) is 5.75 Å². The molecule has 1 aliphatic rings. The van der Waals surface area contributed by atoms with E-state index in [1.807, 2.05) is 12.1 Å². The number of thiophene rings is 1. The Bertz CT molecular complexity index is 1110. The molecule has 0 amide bonds. The van der Waals surface area contributed by atoms with Crippen LogP contribution < -0.4 is 4.74 Å². The third-order valence-corrected chi connectivity index (χ3v) is 5.20. The number of ether oxygens (including phenoxy) is 1. The molecule has 0 saturated heterocycles. The Labute approximate surface area is 208 Å². The van der Waals surface area contributed by atoms with Crippen LogP contribution in [0.5, 0.6) is 5.75 Å². The summed E-state index contributed by atoms with van der Waals surface area (Å²) < 4.78 is 74.7. The second kappa shape index (κ2) is 13.0. The van der Waals surface area contributed by atoms with Gasteiger partial charge in [0.05, 0.1) is 6.20 Å². The second-order valence-corrected chi connectivity index (χ2v) is 7.99. The van der Waals surface area contributed by atoms with Crippen LogP contribution in [0, 0.1) is 0 Å². The maximum atomic E-state index is 10.6. The molecule has 202 valence electrons. The number of carbonyl (C=O) groups is 2. The van der Waals surface area contributed by atoms with E-state index >= 15 is 0 Å². The molecular weight excluding hydrogens is 536 g/mol. The van der Waals surface area contributed by atoms with Gasteiger partial charge >= 0.3 is 24.3 Å². The van der Waals surface area contributed by atoms with Gasteiger partial charge in [0, 0.05) is 37.8 Å². The van der Waals surface area contributed by atoms with Gasteiger partial charge in [-0.05, 0) is 34.5 Å². The lowest BCUT2D eigenvalue weighted by atomic mass is 10.1. The molecule has 0 spiro atoms. The molecule has 16 heteroatoms. The molecule has 3 aromatic heterocycles. The fourth-order valence-electron chi connectivity index (χ4n) is 2.79. The van der Waals surface area contributed by atoms with Gasteiger partial charge in [0.25, 0.3) is 0 Å². The summed E-state index contributed by atoms with van der Waals surface area (Å²) in [5.41, 5.74) is 3.43. The monoisotopic (exact) mass is 555 g/mol. The van der Waals surface area contributed by atoms with Gasteiger partial charge in [0.2, 0.25) is 0 Å². The first-order valence-electron chi connectivity index (χ1n) is 10.1. The molecule has 4 heterocycles. The first kappa shape index (κ1) is 29.6. The summed E-state index contributed by atoms with van der Waals surface area (Å²) in [5.74, 6) is -3.77. The van der Waals surface area contributed by atoms with Crippen molar-refractivity contribution in [3.63, 3.8) is 0 Å². The number of halogens is 6. The number of hydrogen-bond donors (Lipinski definition) is 2.